The van der Waals surface area contributed by atoms with Gasteiger partial charge < -0.3 is 24.6 Å². The number of rotatable bonds is 8. The zero-order valence-electron chi connectivity index (χ0n) is 14.7. The average Bonchev–Trinajstić information content (AvgIpc) is 3.01. The van der Waals surface area contributed by atoms with Gasteiger partial charge in [-0.2, -0.15) is 0 Å². The number of aliphatic hydroxyl groups is 1. The topological polar surface area (TPSA) is 79.2 Å². The first-order valence-corrected chi connectivity index (χ1v) is 8.98. The maximum Gasteiger partial charge on any atom is 0.315 e. The van der Waals surface area contributed by atoms with Crippen molar-refractivity contribution in [3.63, 3.8) is 0 Å². The summed E-state index contributed by atoms with van der Waals surface area (Å²) in [5, 5.41) is 18.8. The first-order chi connectivity index (χ1) is 12.1. The maximum atomic E-state index is 12.1. The molecule has 3 rings (SSSR count). The quantitative estimate of drug-likeness (QED) is 0.700. The van der Waals surface area contributed by atoms with E-state index in [9.17, 15) is 9.90 Å². The molecule has 0 saturated carbocycles. The molecule has 2 aliphatic rings. The number of likely N-dealkylation sites (tertiary alicyclic amines) is 1. The summed E-state index contributed by atoms with van der Waals surface area (Å²) in [6.07, 6.45) is 3.93. The molecular formula is C19H27NO5. The highest BCUT2D eigenvalue weighted by Crippen LogP contribution is 2.52. The molecule has 1 aromatic carbocycles. The van der Waals surface area contributed by atoms with Gasteiger partial charge in [0.15, 0.2) is 11.5 Å². The lowest BCUT2D eigenvalue weighted by Gasteiger charge is -2.36. The van der Waals surface area contributed by atoms with Gasteiger partial charge in [-0.05, 0) is 25.5 Å². The van der Waals surface area contributed by atoms with E-state index in [0.717, 1.165) is 44.3 Å². The number of carboxylic acid groups (broad SMARTS) is 1. The molecule has 1 aromatic rings. The van der Waals surface area contributed by atoms with Gasteiger partial charge in [0, 0.05) is 31.2 Å². The van der Waals surface area contributed by atoms with Crippen molar-refractivity contribution in [2.75, 3.05) is 40.0 Å². The molecule has 2 aliphatic heterocycles. The van der Waals surface area contributed by atoms with Gasteiger partial charge in [0.05, 0.1) is 7.11 Å². The van der Waals surface area contributed by atoms with Crippen molar-refractivity contribution < 1.29 is 24.5 Å². The van der Waals surface area contributed by atoms with Crippen molar-refractivity contribution in [1.29, 1.82) is 0 Å². The molecule has 2 atom stereocenters. The fraction of sp³-hybridized carbons (Fsp3) is 0.632. The Balaban J connectivity index is 1.76. The molecule has 1 fully saturated rings. The van der Waals surface area contributed by atoms with Crippen molar-refractivity contribution in [3.8, 4) is 11.5 Å². The number of carbonyl (C=O) groups is 1. The third-order valence-electron chi connectivity index (χ3n) is 5.50. The summed E-state index contributed by atoms with van der Waals surface area (Å²) in [6, 6.07) is 5.71. The van der Waals surface area contributed by atoms with Crippen LogP contribution in [0.5, 0.6) is 11.5 Å². The minimum atomic E-state index is -0.884. The Morgan fingerprint density at radius 1 is 1.36 bits per heavy atom. The van der Waals surface area contributed by atoms with Crippen LogP contribution in [-0.4, -0.2) is 61.0 Å². The molecule has 0 spiro atoms. The molecule has 0 unspecified atom stereocenters. The van der Waals surface area contributed by atoms with Crippen LogP contribution in [0, 0.1) is 5.41 Å². The zero-order chi connectivity index (χ0) is 17.9. The fourth-order valence-corrected chi connectivity index (χ4v) is 4.12. The van der Waals surface area contributed by atoms with Crippen molar-refractivity contribution in [2.24, 2.45) is 5.41 Å². The molecule has 0 amide bonds. The number of unbranched alkanes of at least 4 members (excludes halogenated alkanes) is 3. The van der Waals surface area contributed by atoms with Crippen LogP contribution < -0.4 is 9.47 Å². The standard InChI is InChI=1S/C19H27NO5/c1-24-16-8-6-7-14-15-11-20(9-4-2-3-5-10-21)12-19(15,18(22)23)13-25-17(14)16/h6-8,15,21H,2-5,9-13H2,1H3,(H,22,23)/t15-,19-/m1/s1. The first kappa shape index (κ1) is 18.0. The fourth-order valence-electron chi connectivity index (χ4n) is 4.12. The Morgan fingerprint density at radius 3 is 2.88 bits per heavy atom. The number of carboxylic acids is 1. The predicted octanol–water partition coefficient (Wildman–Crippen LogP) is 2.11. The lowest BCUT2D eigenvalue weighted by Crippen LogP contribution is -2.45. The van der Waals surface area contributed by atoms with E-state index in [0.29, 0.717) is 18.0 Å². The zero-order valence-corrected chi connectivity index (χ0v) is 14.7. The largest absolute Gasteiger partial charge is 0.493 e. The second kappa shape index (κ2) is 7.62. The van der Waals surface area contributed by atoms with E-state index in [1.165, 1.54) is 0 Å². The second-order valence-electron chi connectivity index (χ2n) is 7.05. The summed E-state index contributed by atoms with van der Waals surface area (Å²) in [4.78, 5) is 14.4. The minimum absolute atomic E-state index is 0.0821. The summed E-state index contributed by atoms with van der Waals surface area (Å²) in [5.41, 5.74) is 0.0561. The van der Waals surface area contributed by atoms with E-state index in [1.807, 2.05) is 18.2 Å². The van der Waals surface area contributed by atoms with Crippen LogP contribution in [-0.2, 0) is 4.79 Å². The van der Waals surface area contributed by atoms with Gasteiger partial charge in [-0.1, -0.05) is 25.0 Å². The summed E-state index contributed by atoms with van der Waals surface area (Å²) in [7, 11) is 1.60. The molecule has 0 aliphatic carbocycles. The van der Waals surface area contributed by atoms with Crippen LogP contribution in [0.15, 0.2) is 18.2 Å². The Bertz CT molecular complexity index is 620. The summed E-state index contributed by atoms with van der Waals surface area (Å²) < 4.78 is 11.2. The number of nitrogens with zero attached hydrogens (tertiary/aromatic N) is 1. The Kier molecular flexibility index (Phi) is 5.49. The van der Waals surface area contributed by atoms with Gasteiger partial charge in [-0.3, -0.25) is 4.79 Å². The molecule has 6 heteroatoms. The predicted molar refractivity (Wildman–Crippen MR) is 93.3 cm³/mol. The highest BCUT2D eigenvalue weighted by molar-refractivity contribution is 5.78. The summed E-state index contributed by atoms with van der Waals surface area (Å²) >= 11 is 0. The van der Waals surface area contributed by atoms with E-state index in [2.05, 4.69) is 4.90 Å². The van der Waals surface area contributed by atoms with Crippen molar-refractivity contribution >= 4 is 5.97 Å². The van der Waals surface area contributed by atoms with Crippen LogP contribution in [0.1, 0.15) is 37.2 Å². The van der Waals surface area contributed by atoms with Gasteiger partial charge in [-0.25, -0.2) is 0 Å². The monoisotopic (exact) mass is 349 g/mol. The molecule has 25 heavy (non-hydrogen) atoms. The lowest BCUT2D eigenvalue weighted by molar-refractivity contribution is -0.151. The second-order valence-corrected chi connectivity index (χ2v) is 7.05. The van der Waals surface area contributed by atoms with Crippen molar-refractivity contribution in [1.82, 2.24) is 4.90 Å². The number of para-hydroxylation sites is 1. The normalized spacial score (nSPS) is 25.1. The van der Waals surface area contributed by atoms with Gasteiger partial charge in [-0.15, -0.1) is 0 Å². The van der Waals surface area contributed by atoms with E-state index in [1.54, 1.807) is 7.11 Å². The van der Waals surface area contributed by atoms with Crippen molar-refractivity contribution in [3.05, 3.63) is 23.8 Å². The van der Waals surface area contributed by atoms with Gasteiger partial charge >= 0.3 is 5.97 Å². The van der Waals surface area contributed by atoms with E-state index in [4.69, 9.17) is 14.6 Å². The smallest absolute Gasteiger partial charge is 0.315 e. The lowest BCUT2D eigenvalue weighted by atomic mass is 9.73. The Labute approximate surface area is 148 Å². The van der Waals surface area contributed by atoms with Crippen LogP contribution in [0.3, 0.4) is 0 Å². The molecule has 138 valence electrons. The molecule has 2 N–H and O–H groups in total. The molecule has 2 heterocycles. The molecule has 0 radical (unpaired) electrons. The number of fused-ring (bicyclic) bond motifs is 3. The van der Waals surface area contributed by atoms with E-state index in [-0.39, 0.29) is 19.1 Å². The molecular weight excluding hydrogens is 322 g/mol. The number of hydrogen-bond donors (Lipinski definition) is 2. The highest BCUT2D eigenvalue weighted by atomic mass is 16.5. The van der Waals surface area contributed by atoms with Gasteiger partial charge in [0.2, 0.25) is 0 Å². The van der Waals surface area contributed by atoms with Gasteiger partial charge in [0.1, 0.15) is 12.0 Å². The molecule has 6 nitrogen and oxygen atoms in total. The Morgan fingerprint density at radius 2 is 2.16 bits per heavy atom. The third-order valence-corrected chi connectivity index (χ3v) is 5.50. The highest BCUT2D eigenvalue weighted by Gasteiger charge is 2.56. The van der Waals surface area contributed by atoms with Crippen LogP contribution in [0.4, 0.5) is 0 Å². The molecule has 1 saturated heterocycles. The number of aliphatic carboxylic acids is 1. The van der Waals surface area contributed by atoms with E-state index < -0.39 is 11.4 Å². The summed E-state index contributed by atoms with van der Waals surface area (Å²) in [5.74, 6) is 0.491. The summed E-state index contributed by atoms with van der Waals surface area (Å²) in [6.45, 7) is 2.56. The van der Waals surface area contributed by atoms with Crippen LogP contribution in [0.25, 0.3) is 0 Å². The van der Waals surface area contributed by atoms with Crippen LogP contribution in [0.2, 0.25) is 0 Å². The van der Waals surface area contributed by atoms with Crippen LogP contribution >= 0.6 is 0 Å². The SMILES string of the molecule is COc1cccc2c1OC[C@]1(C(=O)O)CN(CCCCCCO)C[C@H]21. The van der Waals surface area contributed by atoms with Gasteiger partial charge in [0.25, 0.3) is 0 Å². The minimum Gasteiger partial charge on any atom is -0.493 e. The van der Waals surface area contributed by atoms with Crippen molar-refractivity contribution in [2.45, 2.75) is 31.6 Å². The average molecular weight is 349 g/mol. The maximum absolute atomic E-state index is 12.1. The molecule has 0 bridgehead atoms. The number of benzene rings is 1. The Hall–Kier alpha value is -1.79. The number of aliphatic hydroxyl groups excluding tert-OH is 1. The number of hydrogen-bond acceptors (Lipinski definition) is 5. The molecule has 0 aromatic heterocycles. The van der Waals surface area contributed by atoms with E-state index >= 15 is 0 Å². The number of methoxy groups -OCH3 is 1. The first-order valence-electron chi connectivity index (χ1n) is 8.98. The number of ether oxygens (including phenoxy) is 2. The third kappa shape index (κ3) is 3.33.